The number of amides is 1. The summed E-state index contributed by atoms with van der Waals surface area (Å²) in [4.78, 5) is 28.9. The van der Waals surface area contributed by atoms with Crippen LogP contribution in [0.2, 0.25) is 0 Å². The third-order valence-electron chi connectivity index (χ3n) is 5.74. The quantitative estimate of drug-likeness (QED) is 0.832. The second-order valence-corrected chi connectivity index (χ2v) is 8.00. The van der Waals surface area contributed by atoms with E-state index in [-0.39, 0.29) is 23.0 Å². The van der Waals surface area contributed by atoms with Crippen LogP contribution >= 0.6 is 0 Å². The Hall–Kier alpha value is -2.11. The largest absolute Gasteiger partial charge is 0.465 e. The Labute approximate surface area is 142 Å². The molecule has 2 saturated heterocycles. The lowest BCUT2D eigenvalue weighted by molar-refractivity contribution is 0.112. The molecule has 3 rings (SSSR count). The lowest BCUT2D eigenvalue weighted by atomic mass is 9.67. The van der Waals surface area contributed by atoms with Crippen LogP contribution in [0.1, 0.15) is 56.8 Å². The fourth-order valence-corrected chi connectivity index (χ4v) is 4.59. The predicted octanol–water partition coefficient (Wildman–Crippen LogP) is 3.08. The van der Waals surface area contributed by atoms with Crippen molar-refractivity contribution < 1.29 is 14.7 Å². The molecule has 2 N–H and O–H groups in total. The molecule has 0 saturated carbocycles. The van der Waals surface area contributed by atoms with Crippen LogP contribution in [-0.4, -0.2) is 40.1 Å². The zero-order chi connectivity index (χ0) is 17.5. The fourth-order valence-electron chi connectivity index (χ4n) is 4.59. The van der Waals surface area contributed by atoms with Gasteiger partial charge in [0, 0.05) is 29.4 Å². The molecule has 1 aromatic heterocycles. The van der Waals surface area contributed by atoms with Gasteiger partial charge in [0.15, 0.2) is 6.29 Å². The van der Waals surface area contributed by atoms with E-state index in [2.05, 4.69) is 36.0 Å². The maximum absolute atomic E-state index is 11.1. The van der Waals surface area contributed by atoms with Gasteiger partial charge in [0.2, 0.25) is 0 Å². The first-order valence-electron chi connectivity index (χ1n) is 8.47. The number of aromatic nitrogens is 1. The first kappa shape index (κ1) is 16.7. The standard InChI is InChI=1S/C18H25N3O3/c1-17(2,3)18-7-6-14(8-13(9-18)20-16(23)24)21(18)15-5-4-12(11-22)10-19-15/h4-5,10-11,13-14,20H,6-9H2,1-3H3,(H,23,24). The minimum atomic E-state index is -0.953. The van der Waals surface area contributed by atoms with Crippen LogP contribution in [0.4, 0.5) is 10.6 Å². The predicted molar refractivity (Wildman–Crippen MR) is 91.5 cm³/mol. The molecule has 2 aliphatic rings. The summed E-state index contributed by atoms with van der Waals surface area (Å²) >= 11 is 0. The number of hydrogen-bond donors (Lipinski definition) is 2. The molecule has 2 fully saturated rings. The molecule has 6 nitrogen and oxygen atoms in total. The van der Waals surface area contributed by atoms with E-state index < -0.39 is 6.09 Å². The molecule has 0 aliphatic carbocycles. The number of nitrogens with one attached hydrogen (secondary N) is 1. The van der Waals surface area contributed by atoms with Crippen LogP contribution in [0.15, 0.2) is 18.3 Å². The van der Waals surface area contributed by atoms with E-state index in [1.165, 1.54) is 0 Å². The first-order valence-corrected chi connectivity index (χ1v) is 8.47. The monoisotopic (exact) mass is 331 g/mol. The van der Waals surface area contributed by atoms with Gasteiger partial charge in [-0.15, -0.1) is 0 Å². The Kier molecular flexibility index (Phi) is 4.01. The number of anilines is 1. The van der Waals surface area contributed by atoms with Gasteiger partial charge in [0.25, 0.3) is 0 Å². The normalized spacial score (nSPS) is 29.4. The van der Waals surface area contributed by atoms with Crippen molar-refractivity contribution >= 4 is 18.2 Å². The van der Waals surface area contributed by atoms with Gasteiger partial charge in [-0.25, -0.2) is 9.78 Å². The van der Waals surface area contributed by atoms with Crippen LogP contribution < -0.4 is 10.2 Å². The van der Waals surface area contributed by atoms with Gasteiger partial charge in [-0.2, -0.15) is 0 Å². The summed E-state index contributed by atoms with van der Waals surface area (Å²) in [5, 5.41) is 11.8. The average molecular weight is 331 g/mol. The fraction of sp³-hybridized carbons (Fsp3) is 0.611. The average Bonchev–Trinajstić information content (AvgIpc) is 2.75. The van der Waals surface area contributed by atoms with Crippen molar-refractivity contribution in [1.29, 1.82) is 0 Å². The molecule has 130 valence electrons. The minimum Gasteiger partial charge on any atom is -0.465 e. The van der Waals surface area contributed by atoms with Crippen LogP contribution in [0.5, 0.6) is 0 Å². The number of hydrogen-bond acceptors (Lipinski definition) is 4. The van der Waals surface area contributed by atoms with E-state index in [1.54, 1.807) is 12.3 Å². The molecular weight excluding hydrogens is 306 g/mol. The lowest BCUT2D eigenvalue weighted by Gasteiger charge is -2.55. The van der Waals surface area contributed by atoms with Crippen LogP contribution in [0.3, 0.4) is 0 Å². The zero-order valence-electron chi connectivity index (χ0n) is 14.5. The van der Waals surface area contributed by atoms with Crippen LogP contribution in [0, 0.1) is 5.41 Å². The molecule has 0 radical (unpaired) electrons. The first-order chi connectivity index (χ1) is 11.3. The van der Waals surface area contributed by atoms with Crippen molar-refractivity contribution in [1.82, 2.24) is 10.3 Å². The Morgan fingerprint density at radius 2 is 2.21 bits per heavy atom. The number of pyridine rings is 1. The SMILES string of the molecule is CC(C)(C)C12CCC(CC(NC(=O)O)C1)N2c1ccc(C=O)cn1. The van der Waals surface area contributed by atoms with Crippen LogP contribution in [-0.2, 0) is 0 Å². The van der Waals surface area contributed by atoms with Gasteiger partial charge >= 0.3 is 6.09 Å². The summed E-state index contributed by atoms with van der Waals surface area (Å²) in [7, 11) is 0. The number of piperidine rings is 1. The van der Waals surface area contributed by atoms with Gasteiger partial charge < -0.3 is 15.3 Å². The van der Waals surface area contributed by atoms with Gasteiger partial charge in [-0.1, -0.05) is 20.8 Å². The molecule has 2 aliphatic heterocycles. The lowest BCUT2D eigenvalue weighted by Crippen LogP contribution is -2.63. The van der Waals surface area contributed by atoms with Gasteiger partial charge in [0.1, 0.15) is 5.82 Å². The molecule has 24 heavy (non-hydrogen) atoms. The minimum absolute atomic E-state index is 0.0222. The number of nitrogens with zero attached hydrogens (tertiary/aromatic N) is 2. The highest BCUT2D eigenvalue weighted by Gasteiger charge is 2.57. The number of fused-ring (bicyclic) bond motifs is 2. The number of carbonyl (C=O) groups is 2. The van der Waals surface area contributed by atoms with E-state index in [0.29, 0.717) is 5.56 Å². The summed E-state index contributed by atoms with van der Waals surface area (Å²) in [5.74, 6) is 0.881. The highest BCUT2D eigenvalue weighted by atomic mass is 16.4. The van der Waals surface area contributed by atoms with Gasteiger partial charge in [0.05, 0.1) is 0 Å². The van der Waals surface area contributed by atoms with Crippen molar-refractivity contribution in [2.75, 3.05) is 4.90 Å². The number of carbonyl (C=O) groups excluding carboxylic acids is 1. The summed E-state index contributed by atoms with van der Waals surface area (Å²) in [6.07, 6.45) is 5.08. The molecule has 0 aromatic carbocycles. The molecule has 3 heterocycles. The van der Waals surface area contributed by atoms with Gasteiger partial charge in [-0.3, -0.25) is 4.79 Å². The Morgan fingerprint density at radius 3 is 2.75 bits per heavy atom. The summed E-state index contributed by atoms with van der Waals surface area (Å²) in [5.41, 5.74) is 0.406. The van der Waals surface area contributed by atoms with E-state index in [1.807, 2.05) is 6.07 Å². The van der Waals surface area contributed by atoms with Crippen LogP contribution in [0.25, 0.3) is 0 Å². The molecule has 1 amide bonds. The molecule has 0 spiro atoms. The van der Waals surface area contributed by atoms with Crippen molar-refractivity contribution in [2.24, 2.45) is 5.41 Å². The highest BCUT2D eigenvalue weighted by molar-refractivity contribution is 5.74. The smallest absolute Gasteiger partial charge is 0.404 e. The maximum atomic E-state index is 11.1. The van der Waals surface area contributed by atoms with Crippen molar-refractivity contribution in [2.45, 2.75) is 64.1 Å². The van der Waals surface area contributed by atoms with E-state index in [4.69, 9.17) is 5.11 Å². The summed E-state index contributed by atoms with van der Waals surface area (Å²) < 4.78 is 0. The zero-order valence-corrected chi connectivity index (χ0v) is 14.5. The molecule has 1 aromatic rings. The van der Waals surface area contributed by atoms with E-state index >= 15 is 0 Å². The van der Waals surface area contributed by atoms with Gasteiger partial charge in [-0.05, 0) is 43.2 Å². The molecule has 3 unspecified atom stereocenters. The molecule has 2 bridgehead atoms. The third-order valence-corrected chi connectivity index (χ3v) is 5.74. The Bertz CT molecular complexity index is 638. The molecule has 6 heteroatoms. The summed E-state index contributed by atoms with van der Waals surface area (Å²) in [6.45, 7) is 6.64. The summed E-state index contributed by atoms with van der Waals surface area (Å²) in [6, 6.07) is 3.95. The van der Waals surface area contributed by atoms with E-state index in [9.17, 15) is 9.59 Å². The Morgan fingerprint density at radius 1 is 1.46 bits per heavy atom. The van der Waals surface area contributed by atoms with Crippen molar-refractivity contribution in [3.63, 3.8) is 0 Å². The number of aldehydes is 1. The van der Waals surface area contributed by atoms with Crippen molar-refractivity contribution in [3.05, 3.63) is 23.9 Å². The number of rotatable bonds is 3. The van der Waals surface area contributed by atoms with E-state index in [0.717, 1.165) is 37.8 Å². The molecule has 3 atom stereocenters. The molecular formula is C18H25N3O3. The topological polar surface area (TPSA) is 82.5 Å². The maximum Gasteiger partial charge on any atom is 0.404 e. The van der Waals surface area contributed by atoms with Crippen molar-refractivity contribution in [3.8, 4) is 0 Å². The highest BCUT2D eigenvalue weighted by Crippen LogP contribution is 2.54. The number of carboxylic acid groups (broad SMARTS) is 1. The Balaban J connectivity index is 1.99. The second-order valence-electron chi connectivity index (χ2n) is 8.00. The third kappa shape index (κ3) is 2.64. The second kappa shape index (κ2) is 5.76.